The second-order valence-electron chi connectivity index (χ2n) is 9.57. The fourth-order valence-electron chi connectivity index (χ4n) is 4.98. The molecule has 0 saturated carbocycles. The van der Waals surface area contributed by atoms with Crippen LogP contribution in [0.15, 0.2) is 119 Å². The molecule has 0 aliphatic carbocycles. The van der Waals surface area contributed by atoms with Gasteiger partial charge in [-0.15, -0.1) is 11.3 Å². The van der Waals surface area contributed by atoms with E-state index in [9.17, 15) is 15.6 Å². The highest BCUT2D eigenvalue weighted by Crippen LogP contribution is 2.48. The first-order valence-electron chi connectivity index (χ1n) is 13.1. The first-order valence-corrected chi connectivity index (χ1v) is 15.1. The number of nitriles is 2. The number of nitrogens with zero attached hydrogens (tertiary/aromatic N) is 4. The normalized spacial score (nSPS) is 15.5. The molecule has 1 unspecified atom stereocenters. The highest BCUT2D eigenvalue weighted by molar-refractivity contribution is 8.07. The van der Waals surface area contributed by atoms with Crippen LogP contribution in [0.25, 0.3) is 16.8 Å². The van der Waals surface area contributed by atoms with Crippen LogP contribution in [0.4, 0.5) is 22.1 Å². The third-order valence-electron chi connectivity index (χ3n) is 6.97. The zero-order valence-electron chi connectivity index (χ0n) is 22.4. The van der Waals surface area contributed by atoms with Crippen LogP contribution in [0, 0.1) is 29.6 Å². The number of aliphatic hydroxyl groups is 1. The smallest absolute Gasteiger partial charge is 0.164 e. The SMILES string of the molecule is Cc1ccc(N(c2ccc(Cl)cc2)c2ccc(/C=C3\SC(=C(C#N)C#N)N(c4ccccc4)C3O)s2)c2ccccc12. The maximum Gasteiger partial charge on any atom is 0.164 e. The molecule has 1 atom stereocenters. The van der Waals surface area contributed by atoms with Gasteiger partial charge in [0, 0.05) is 31.6 Å². The number of thiophene rings is 1. The number of hydrogen-bond donors (Lipinski definition) is 1. The monoisotopic (exact) mass is 602 g/mol. The van der Waals surface area contributed by atoms with Gasteiger partial charge in [-0.05, 0) is 78.5 Å². The molecular formula is C34H23ClN4OS2. The topological polar surface area (TPSA) is 74.3 Å². The van der Waals surface area contributed by atoms with Gasteiger partial charge in [-0.3, -0.25) is 0 Å². The van der Waals surface area contributed by atoms with E-state index in [1.807, 2.05) is 78.9 Å². The number of fused-ring (bicyclic) bond motifs is 1. The van der Waals surface area contributed by atoms with Gasteiger partial charge in [0.1, 0.15) is 22.2 Å². The highest BCUT2D eigenvalue weighted by Gasteiger charge is 2.35. The average molecular weight is 603 g/mol. The van der Waals surface area contributed by atoms with E-state index in [-0.39, 0.29) is 5.57 Å². The molecule has 5 aromatic rings. The van der Waals surface area contributed by atoms with E-state index < -0.39 is 6.23 Å². The van der Waals surface area contributed by atoms with Crippen molar-refractivity contribution < 1.29 is 5.11 Å². The lowest BCUT2D eigenvalue weighted by Gasteiger charge is -2.25. The van der Waals surface area contributed by atoms with E-state index in [0.717, 1.165) is 26.6 Å². The Bertz CT molecular complexity index is 1920. The third-order valence-corrected chi connectivity index (χ3v) is 9.39. The molecule has 6 rings (SSSR count). The van der Waals surface area contributed by atoms with Crippen LogP contribution in [0.1, 0.15) is 10.4 Å². The molecule has 4 aromatic carbocycles. The van der Waals surface area contributed by atoms with Crippen LogP contribution in [0.3, 0.4) is 0 Å². The summed E-state index contributed by atoms with van der Waals surface area (Å²) in [6.45, 7) is 2.12. The minimum Gasteiger partial charge on any atom is -0.368 e. The second-order valence-corrected chi connectivity index (χ2v) is 12.2. The lowest BCUT2D eigenvalue weighted by Crippen LogP contribution is -2.28. The van der Waals surface area contributed by atoms with Gasteiger partial charge >= 0.3 is 0 Å². The van der Waals surface area contributed by atoms with Gasteiger partial charge < -0.3 is 14.9 Å². The summed E-state index contributed by atoms with van der Waals surface area (Å²) in [5, 5.41) is 35.0. The molecule has 0 radical (unpaired) electrons. The Hall–Kier alpha value is -4.50. The van der Waals surface area contributed by atoms with Gasteiger partial charge in [0.2, 0.25) is 0 Å². The Morgan fingerprint density at radius 1 is 0.881 bits per heavy atom. The van der Waals surface area contributed by atoms with Crippen LogP contribution >= 0.6 is 34.7 Å². The third kappa shape index (κ3) is 5.16. The maximum atomic E-state index is 11.4. The number of hydrogen-bond acceptors (Lipinski definition) is 7. The summed E-state index contributed by atoms with van der Waals surface area (Å²) >= 11 is 9.07. The van der Waals surface area contributed by atoms with Crippen molar-refractivity contribution in [2.24, 2.45) is 0 Å². The van der Waals surface area contributed by atoms with Crippen molar-refractivity contribution in [2.45, 2.75) is 13.2 Å². The van der Waals surface area contributed by atoms with Gasteiger partial charge in [0.15, 0.2) is 11.8 Å². The summed E-state index contributed by atoms with van der Waals surface area (Å²) in [4.78, 5) is 5.40. The number of benzene rings is 4. The molecule has 1 fully saturated rings. The Morgan fingerprint density at radius 2 is 1.57 bits per heavy atom. The van der Waals surface area contributed by atoms with E-state index in [0.29, 0.717) is 20.6 Å². The molecule has 1 aliphatic rings. The summed E-state index contributed by atoms with van der Waals surface area (Å²) in [7, 11) is 0. The largest absolute Gasteiger partial charge is 0.368 e. The van der Waals surface area contributed by atoms with Crippen LogP contribution in [-0.4, -0.2) is 11.3 Å². The van der Waals surface area contributed by atoms with Crippen LogP contribution in [0.5, 0.6) is 0 Å². The average Bonchev–Trinajstić information content (AvgIpc) is 3.61. The van der Waals surface area contributed by atoms with E-state index in [1.54, 1.807) is 16.2 Å². The van der Waals surface area contributed by atoms with E-state index in [4.69, 9.17) is 11.6 Å². The quantitative estimate of drug-likeness (QED) is 0.202. The summed E-state index contributed by atoms with van der Waals surface area (Å²) in [5.74, 6) is 0. The molecule has 204 valence electrons. The molecule has 1 saturated heterocycles. The molecule has 8 heteroatoms. The zero-order valence-corrected chi connectivity index (χ0v) is 24.8. The molecule has 1 N–H and O–H groups in total. The Balaban J connectivity index is 1.44. The summed E-state index contributed by atoms with van der Waals surface area (Å²) in [6, 6.07) is 37.8. The minimum absolute atomic E-state index is 0.0432. The number of aliphatic hydroxyl groups excluding tert-OH is 1. The Morgan fingerprint density at radius 3 is 2.29 bits per heavy atom. The number of anilines is 4. The maximum absolute atomic E-state index is 11.4. The van der Waals surface area contributed by atoms with Crippen molar-refractivity contribution in [3.8, 4) is 12.1 Å². The molecular weight excluding hydrogens is 580 g/mol. The summed E-state index contributed by atoms with van der Waals surface area (Å²) < 4.78 is 0. The predicted molar refractivity (Wildman–Crippen MR) is 175 cm³/mol. The molecule has 0 spiro atoms. The van der Waals surface area contributed by atoms with E-state index in [2.05, 4.69) is 54.3 Å². The van der Waals surface area contributed by atoms with Gasteiger partial charge in [-0.2, -0.15) is 10.5 Å². The van der Waals surface area contributed by atoms with Crippen molar-refractivity contribution in [1.82, 2.24) is 0 Å². The number of rotatable bonds is 5. The van der Waals surface area contributed by atoms with Crippen molar-refractivity contribution in [3.63, 3.8) is 0 Å². The Kier molecular flexibility index (Phi) is 7.75. The molecule has 0 bridgehead atoms. The fourth-order valence-corrected chi connectivity index (χ4v) is 7.29. The predicted octanol–water partition coefficient (Wildman–Crippen LogP) is 9.50. The van der Waals surface area contributed by atoms with Crippen molar-refractivity contribution in [3.05, 3.63) is 134 Å². The lowest BCUT2D eigenvalue weighted by molar-refractivity contribution is 0.228. The number of aryl methyl sites for hydroxylation is 1. The lowest BCUT2D eigenvalue weighted by atomic mass is 10.0. The fraction of sp³-hybridized carbons (Fsp3) is 0.0588. The number of allylic oxidation sites excluding steroid dienone is 1. The van der Waals surface area contributed by atoms with Gasteiger partial charge in [0.25, 0.3) is 0 Å². The van der Waals surface area contributed by atoms with Crippen molar-refractivity contribution >= 4 is 73.6 Å². The minimum atomic E-state index is -1.04. The van der Waals surface area contributed by atoms with Crippen LogP contribution in [0.2, 0.25) is 5.02 Å². The van der Waals surface area contributed by atoms with Crippen LogP contribution < -0.4 is 9.80 Å². The highest BCUT2D eigenvalue weighted by atomic mass is 35.5. The van der Waals surface area contributed by atoms with Crippen molar-refractivity contribution in [1.29, 1.82) is 10.5 Å². The summed E-state index contributed by atoms with van der Waals surface area (Å²) in [6.07, 6.45) is 0.884. The first kappa shape index (κ1) is 27.7. The van der Waals surface area contributed by atoms with Gasteiger partial charge in [0.05, 0.1) is 5.69 Å². The number of para-hydroxylation sites is 1. The van der Waals surface area contributed by atoms with Gasteiger partial charge in [-0.1, -0.05) is 71.9 Å². The molecule has 1 aliphatic heterocycles. The van der Waals surface area contributed by atoms with E-state index in [1.165, 1.54) is 22.7 Å². The van der Waals surface area contributed by atoms with Crippen molar-refractivity contribution in [2.75, 3.05) is 9.80 Å². The number of halogens is 1. The molecule has 0 amide bonds. The molecule has 42 heavy (non-hydrogen) atoms. The zero-order chi connectivity index (χ0) is 29.2. The standard InChI is InChI=1S/C34H23ClN4OS2/c1-22-11-17-30(29-10-6-5-9-28(22)29)38(26-14-12-24(35)13-15-26)32-18-16-27(41-32)19-31-33(40)39(25-7-3-2-4-8-25)34(42-31)23(20-36)21-37/h2-19,33,40H,1H3/b31-19-. The molecule has 2 heterocycles. The Labute approximate surface area is 257 Å². The van der Waals surface area contributed by atoms with Crippen LogP contribution in [-0.2, 0) is 0 Å². The van der Waals surface area contributed by atoms with E-state index >= 15 is 0 Å². The molecule has 1 aromatic heterocycles. The first-order chi connectivity index (χ1) is 20.5. The second kappa shape index (κ2) is 11.8. The number of thioether (sulfide) groups is 1. The summed E-state index contributed by atoms with van der Waals surface area (Å²) in [5.41, 5.74) is 3.88. The molecule has 5 nitrogen and oxygen atoms in total. The van der Waals surface area contributed by atoms with Gasteiger partial charge in [-0.25, -0.2) is 0 Å².